The maximum Gasteiger partial charge on any atom is 0.216 e. The monoisotopic (exact) mass is 241 g/mol. The molecule has 0 spiro atoms. The third kappa shape index (κ3) is 4.02. The Kier molecular flexibility index (Phi) is 5.44. The number of nitrogens with one attached hydrogen (secondary N) is 1. The average Bonchev–Trinajstić information content (AvgIpc) is 2.51. The fourth-order valence-corrected chi connectivity index (χ4v) is 1.60. The van der Waals surface area contributed by atoms with Crippen molar-refractivity contribution >= 4 is 0 Å². The highest BCUT2D eigenvalue weighted by atomic mass is 16.5. The van der Waals surface area contributed by atoms with Crippen molar-refractivity contribution in [3.05, 3.63) is 11.3 Å². The van der Waals surface area contributed by atoms with E-state index in [9.17, 15) is 0 Å². The van der Waals surface area contributed by atoms with Gasteiger partial charge in [-0.3, -0.25) is 0 Å². The normalized spacial score (nSPS) is 11.2. The highest BCUT2D eigenvalue weighted by Crippen LogP contribution is 2.21. The molecule has 0 aliphatic heterocycles. The molecule has 0 saturated carbocycles. The van der Waals surface area contributed by atoms with Crippen molar-refractivity contribution in [3.63, 3.8) is 0 Å². The molecule has 0 aromatic carbocycles. The molecule has 0 aliphatic carbocycles. The van der Waals surface area contributed by atoms with E-state index in [1.807, 2.05) is 14.0 Å². The van der Waals surface area contributed by atoms with Crippen LogP contribution in [0.25, 0.3) is 0 Å². The Bertz CT molecular complexity index is 348. The quantitative estimate of drug-likeness (QED) is 0.699. The first-order valence-electron chi connectivity index (χ1n) is 6.05. The third-order valence-electron chi connectivity index (χ3n) is 2.52. The molecule has 0 atom stereocenters. The first-order chi connectivity index (χ1) is 8.06. The molecule has 17 heavy (non-hydrogen) atoms. The number of aryl methyl sites for hydroxylation is 2. The number of hydrogen-bond donors (Lipinski definition) is 2. The second-order valence-corrected chi connectivity index (χ2v) is 4.45. The standard InChI is InChI=1S/C12H23N3O2/c1-9(2)13-8-11-10(3)14-15(4)12(11)17-7-5-6-16/h9,13,16H,5-8H2,1-4H3. The summed E-state index contributed by atoms with van der Waals surface area (Å²) < 4.78 is 7.42. The predicted molar refractivity (Wildman–Crippen MR) is 67.1 cm³/mol. The number of ether oxygens (including phenoxy) is 1. The first-order valence-corrected chi connectivity index (χ1v) is 6.05. The van der Waals surface area contributed by atoms with Crippen LogP contribution in [0.4, 0.5) is 0 Å². The van der Waals surface area contributed by atoms with Crippen LogP contribution in [0.2, 0.25) is 0 Å². The van der Waals surface area contributed by atoms with Crippen LogP contribution in [0, 0.1) is 6.92 Å². The van der Waals surface area contributed by atoms with Gasteiger partial charge in [-0.1, -0.05) is 13.8 Å². The van der Waals surface area contributed by atoms with Crippen molar-refractivity contribution in [3.8, 4) is 5.88 Å². The molecule has 1 aromatic heterocycles. The zero-order chi connectivity index (χ0) is 12.8. The Morgan fingerprint density at radius 2 is 2.18 bits per heavy atom. The zero-order valence-electron chi connectivity index (χ0n) is 11.2. The summed E-state index contributed by atoms with van der Waals surface area (Å²) in [6.45, 7) is 7.62. The van der Waals surface area contributed by atoms with Crippen molar-refractivity contribution < 1.29 is 9.84 Å². The molecular formula is C12H23N3O2. The number of rotatable bonds is 7. The predicted octanol–water partition coefficient (Wildman–Crippen LogP) is 0.988. The van der Waals surface area contributed by atoms with Crippen molar-refractivity contribution in [1.82, 2.24) is 15.1 Å². The molecule has 0 unspecified atom stereocenters. The lowest BCUT2D eigenvalue weighted by atomic mass is 10.2. The van der Waals surface area contributed by atoms with E-state index in [-0.39, 0.29) is 6.61 Å². The maximum absolute atomic E-state index is 8.75. The van der Waals surface area contributed by atoms with E-state index in [0.29, 0.717) is 19.1 Å². The van der Waals surface area contributed by atoms with Gasteiger partial charge in [-0.05, 0) is 6.92 Å². The van der Waals surface area contributed by atoms with Gasteiger partial charge in [0.2, 0.25) is 5.88 Å². The Balaban J connectivity index is 2.71. The lowest BCUT2D eigenvalue weighted by Gasteiger charge is -2.11. The molecule has 2 N–H and O–H groups in total. The van der Waals surface area contributed by atoms with Gasteiger partial charge in [-0.25, -0.2) is 4.68 Å². The van der Waals surface area contributed by atoms with E-state index in [0.717, 1.165) is 23.7 Å². The molecule has 0 amide bonds. The maximum atomic E-state index is 8.75. The van der Waals surface area contributed by atoms with Crippen molar-refractivity contribution in [2.75, 3.05) is 13.2 Å². The summed E-state index contributed by atoms with van der Waals surface area (Å²) in [7, 11) is 1.88. The summed E-state index contributed by atoms with van der Waals surface area (Å²) in [5, 5.41) is 16.5. The van der Waals surface area contributed by atoms with Gasteiger partial charge in [-0.2, -0.15) is 5.10 Å². The number of aliphatic hydroxyl groups excluding tert-OH is 1. The Hall–Kier alpha value is -1.07. The average molecular weight is 241 g/mol. The Morgan fingerprint density at radius 3 is 2.76 bits per heavy atom. The van der Waals surface area contributed by atoms with Crippen LogP contribution in [-0.2, 0) is 13.6 Å². The molecule has 5 heteroatoms. The molecule has 0 aliphatic rings. The number of aliphatic hydroxyl groups is 1. The second kappa shape index (κ2) is 6.61. The molecule has 0 saturated heterocycles. The van der Waals surface area contributed by atoms with Crippen LogP contribution in [0.15, 0.2) is 0 Å². The van der Waals surface area contributed by atoms with E-state index in [1.165, 1.54) is 0 Å². The number of nitrogens with zero attached hydrogens (tertiary/aromatic N) is 2. The van der Waals surface area contributed by atoms with Gasteiger partial charge in [0, 0.05) is 32.7 Å². The number of aromatic nitrogens is 2. The van der Waals surface area contributed by atoms with E-state index in [2.05, 4.69) is 24.3 Å². The number of hydrogen-bond acceptors (Lipinski definition) is 4. The molecular weight excluding hydrogens is 218 g/mol. The summed E-state index contributed by atoms with van der Waals surface area (Å²) in [5.41, 5.74) is 2.08. The fraction of sp³-hybridized carbons (Fsp3) is 0.750. The summed E-state index contributed by atoms with van der Waals surface area (Å²) >= 11 is 0. The van der Waals surface area contributed by atoms with Crippen LogP contribution in [0.3, 0.4) is 0 Å². The summed E-state index contributed by atoms with van der Waals surface area (Å²) in [4.78, 5) is 0. The van der Waals surface area contributed by atoms with Crippen LogP contribution < -0.4 is 10.1 Å². The highest BCUT2D eigenvalue weighted by molar-refractivity contribution is 5.30. The molecule has 0 fully saturated rings. The SMILES string of the molecule is Cc1nn(C)c(OCCCO)c1CNC(C)C. The minimum absolute atomic E-state index is 0.149. The van der Waals surface area contributed by atoms with Gasteiger partial charge in [0.25, 0.3) is 0 Å². The van der Waals surface area contributed by atoms with Crippen LogP contribution in [0.5, 0.6) is 5.88 Å². The first kappa shape index (κ1) is 14.0. The van der Waals surface area contributed by atoms with Crippen molar-refractivity contribution in [2.24, 2.45) is 7.05 Å². The lowest BCUT2D eigenvalue weighted by Crippen LogP contribution is -2.22. The van der Waals surface area contributed by atoms with Crippen LogP contribution in [0.1, 0.15) is 31.5 Å². The highest BCUT2D eigenvalue weighted by Gasteiger charge is 2.14. The summed E-state index contributed by atoms with van der Waals surface area (Å²) in [6.07, 6.45) is 0.640. The fourth-order valence-electron chi connectivity index (χ4n) is 1.60. The largest absolute Gasteiger partial charge is 0.478 e. The van der Waals surface area contributed by atoms with E-state index >= 15 is 0 Å². The van der Waals surface area contributed by atoms with Crippen LogP contribution >= 0.6 is 0 Å². The van der Waals surface area contributed by atoms with E-state index in [1.54, 1.807) is 4.68 Å². The third-order valence-corrected chi connectivity index (χ3v) is 2.52. The van der Waals surface area contributed by atoms with Gasteiger partial charge < -0.3 is 15.2 Å². The van der Waals surface area contributed by atoms with Gasteiger partial charge in [0.1, 0.15) is 0 Å². The van der Waals surface area contributed by atoms with Gasteiger partial charge >= 0.3 is 0 Å². The molecule has 1 heterocycles. The van der Waals surface area contributed by atoms with Gasteiger partial charge in [0.05, 0.1) is 17.9 Å². The summed E-state index contributed by atoms with van der Waals surface area (Å²) in [6, 6.07) is 0.430. The van der Waals surface area contributed by atoms with Gasteiger partial charge in [0.15, 0.2) is 0 Å². The minimum atomic E-state index is 0.149. The zero-order valence-corrected chi connectivity index (χ0v) is 11.2. The van der Waals surface area contributed by atoms with Gasteiger partial charge in [-0.15, -0.1) is 0 Å². The molecule has 98 valence electrons. The molecule has 0 radical (unpaired) electrons. The topological polar surface area (TPSA) is 59.3 Å². The van der Waals surface area contributed by atoms with Crippen molar-refractivity contribution in [1.29, 1.82) is 0 Å². The molecule has 1 rings (SSSR count). The molecule has 5 nitrogen and oxygen atoms in total. The minimum Gasteiger partial charge on any atom is -0.478 e. The smallest absolute Gasteiger partial charge is 0.216 e. The second-order valence-electron chi connectivity index (χ2n) is 4.45. The summed E-state index contributed by atoms with van der Waals surface area (Å²) in [5.74, 6) is 0.795. The van der Waals surface area contributed by atoms with Crippen LogP contribution in [-0.4, -0.2) is 34.1 Å². The van der Waals surface area contributed by atoms with Crippen molar-refractivity contribution in [2.45, 2.75) is 39.8 Å². The lowest BCUT2D eigenvalue weighted by molar-refractivity contribution is 0.222. The Labute approximate surface area is 103 Å². The molecule has 0 bridgehead atoms. The van der Waals surface area contributed by atoms with E-state index in [4.69, 9.17) is 9.84 Å². The molecule has 1 aromatic rings. The van der Waals surface area contributed by atoms with E-state index < -0.39 is 0 Å². The Morgan fingerprint density at radius 1 is 1.47 bits per heavy atom.